The second-order valence-corrected chi connectivity index (χ2v) is 5.35. The molecule has 1 aromatic heterocycles. The molecule has 0 aromatic carbocycles. The second-order valence-electron chi connectivity index (χ2n) is 5.35. The van der Waals surface area contributed by atoms with Gasteiger partial charge in [0.1, 0.15) is 12.3 Å². The van der Waals surface area contributed by atoms with Crippen LogP contribution in [0.3, 0.4) is 0 Å². The van der Waals surface area contributed by atoms with E-state index in [-0.39, 0.29) is 18.3 Å². The van der Waals surface area contributed by atoms with Crippen molar-refractivity contribution >= 4 is 29.6 Å². The lowest BCUT2D eigenvalue weighted by Gasteiger charge is -2.16. The average molecular weight is 308 g/mol. The number of nitrogens with zero attached hydrogens (tertiary/aromatic N) is 3. The van der Waals surface area contributed by atoms with Crippen molar-refractivity contribution in [2.75, 3.05) is 18.4 Å². The average Bonchev–Trinajstić information content (AvgIpc) is 2.91. The number of hydrogen-bond acceptors (Lipinski definition) is 6. The van der Waals surface area contributed by atoms with Gasteiger partial charge in [0.15, 0.2) is 5.82 Å². The normalized spacial score (nSPS) is 15.2. The van der Waals surface area contributed by atoms with Crippen molar-refractivity contribution in [2.24, 2.45) is 5.92 Å². The smallest absolute Gasteiger partial charge is 0.334 e. The first-order chi connectivity index (χ1) is 10.3. The van der Waals surface area contributed by atoms with Crippen molar-refractivity contribution in [1.29, 1.82) is 0 Å². The summed E-state index contributed by atoms with van der Waals surface area (Å²) in [4.78, 5) is 48.9. The van der Waals surface area contributed by atoms with Crippen molar-refractivity contribution in [1.82, 2.24) is 15.0 Å². The van der Waals surface area contributed by atoms with Gasteiger partial charge in [0.25, 0.3) is 0 Å². The molecule has 1 fully saturated rings. The number of urea groups is 1. The standard InChI is InChI=1S/C13H16N4O5/c1-7(2)5-16-11(19)12(20)17(13(16)21)6-10(18)14-9-4-8(3)22-15-9/h4,7H,5-6H2,1-3H3,(H,14,15,18). The molecule has 0 bridgehead atoms. The Balaban J connectivity index is 2.02. The quantitative estimate of drug-likeness (QED) is 0.621. The fourth-order valence-electron chi connectivity index (χ4n) is 1.97. The minimum atomic E-state index is -1.00. The van der Waals surface area contributed by atoms with Crippen LogP contribution in [0.15, 0.2) is 10.6 Å². The van der Waals surface area contributed by atoms with Gasteiger partial charge in [-0.2, -0.15) is 0 Å². The van der Waals surface area contributed by atoms with Crippen LogP contribution in [-0.4, -0.2) is 51.8 Å². The van der Waals surface area contributed by atoms with Gasteiger partial charge in [-0.15, -0.1) is 0 Å². The Kier molecular flexibility index (Phi) is 4.25. The Morgan fingerprint density at radius 3 is 2.45 bits per heavy atom. The summed E-state index contributed by atoms with van der Waals surface area (Å²) in [6.07, 6.45) is 0. The summed E-state index contributed by atoms with van der Waals surface area (Å²) in [6.45, 7) is 4.85. The highest BCUT2D eigenvalue weighted by molar-refractivity contribution is 6.45. The maximum atomic E-state index is 12.0. The molecule has 0 unspecified atom stereocenters. The Morgan fingerprint density at radius 2 is 1.91 bits per heavy atom. The largest absolute Gasteiger partial charge is 0.360 e. The zero-order chi connectivity index (χ0) is 16.4. The molecule has 22 heavy (non-hydrogen) atoms. The number of nitrogens with one attached hydrogen (secondary N) is 1. The molecule has 2 rings (SSSR count). The SMILES string of the molecule is Cc1cc(NC(=O)CN2C(=O)C(=O)N(CC(C)C)C2=O)no1. The van der Waals surface area contributed by atoms with E-state index in [0.717, 1.165) is 4.90 Å². The number of aryl methyl sites for hydroxylation is 1. The van der Waals surface area contributed by atoms with Crippen molar-refractivity contribution < 1.29 is 23.7 Å². The summed E-state index contributed by atoms with van der Waals surface area (Å²) >= 11 is 0. The molecule has 9 heteroatoms. The van der Waals surface area contributed by atoms with Gasteiger partial charge >= 0.3 is 17.8 Å². The monoisotopic (exact) mass is 308 g/mol. The van der Waals surface area contributed by atoms with Crippen LogP contribution in [0.1, 0.15) is 19.6 Å². The van der Waals surface area contributed by atoms with E-state index >= 15 is 0 Å². The fraction of sp³-hybridized carbons (Fsp3) is 0.462. The van der Waals surface area contributed by atoms with Crippen LogP contribution < -0.4 is 5.32 Å². The maximum Gasteiger partial charge on any atom is 0.334 e. The van der Waals surface area contributed by atoms with Gasteiger partial charge in [-0.3, -0.25) is 19.3 Å². The highest BCUT2D eigenvalue weighted by Crippen LogP contribution is 2.14. The zero-order valence-electron chi connectivity index (χ0n) is 12.5. The molecule has 118 valence electrons. The van der Waals surface area contributed by atoms with E-state index in [9.17, 15) is 19.2 Å². The molecule has 1 aliphatic heterocycles. The molecule has 1 saturated heterocycles. The molecule has 1 aliphatic rings. The van der Waals surface area contributed by atoms with Crippen molar-refractivity contribution in [2.45, 2.75) is 20.8 Å². The first-order valence-corrected chi connectivity index (χ1v) is 6.70. The van der Waals surface area contributed by atoms with Crippen LogP contribution in [0.2, 0.25) is 0 Å². The van der Waals surface area contributed by atoms with Crippen LogP contribution in [-0.2, 0) is 14.4 Å². The molecule has 5 amide bonds. The zero-order valence-corrected chi connectivity index (χ0v) is 12.5. The summed E-state index contributed by atoms with van der Waals surface area (Å²) in [5.74, 6) is -1.86. The van der Waals surface area contributed by atoms with Crippen LogP contribution in [0.4, 0.5) is 10.6 Å². The number of hydrogen-bond donors (Lipinski definition) is 1. The molecule has 0 aliphatic carbocycles. The summed E-state index contributed by atoms with van der Waals surface area (Å²) in [5.41, 5.74) is 0. The van der Waals surface area contributed by atoms with Gasteiger partial charge in [0, 0.05) is 12.6 Å². The van der Waals surface area contributed by atoms with E-state index in [0.29, 0.717) is 10.7 Å². The second kappa shape index (κ2) is 5.96. The van der Waals surface area contributed by atoms with Gasteiger partial charge < -0.3 is 9.84 Å². The van der Waals surface area contributed by atoms with Gasteiger partial charge in [0.2, 0.25) is 5.91 Å². The highest BCUT2D eigenvalue weighted by atomic mass is 16.5. The first kappa shape index (κ1) is 15.7. The van der Waals surface area contributed by atoms with Crippen molar-refractivity contribution in [3.63, 3.8) is 0 Å². The molecular formula is C13H16N4O5. The number of carbonyl (C=O) groups is 4. The predicted molar refractivity (Wildman–Crippen MR) is 73.5 cm³/mol. The third kappa shape index (κ3) is 3.13. The van der Waals surface area contributed by atoms with E-state index in [2.05, 4.69) is 10.5 Å². The van der Waals surface area contributed by atoms with Crippen molar-refractivity contribution in [3.05, 3.63) is 11.8 Å². The molecule has 2 heterocycles. The lowest BCUT2D eigenvalue weighted by molar-refractivity contribution is -0.143. The fourth-order valence-corrected chi connectivity index (χ4v) is 1.97. The molecule has 0 saturated carbocycles. The Labute approximate surface area is 126 Å². The molecule has 0 radical (unpaired) electrons. The molecule has 0 spiro atoms. The number of imide groups is 2. The van der Waals surface area contributed by atoms with E-state index in [1.807, 2.05) is 13.8 Å². The summed E-state index contributed by atoms with van der Waals surface area (Å²) in [6, 6.07) is 0.706. The minimum absolute atomic E-state index is 0.0209. The number of anilines is 1. The summed E-state index contributed by atoms with van der Waals surface area (Å²) in [5, 5.41) is 5.95. The molecule has 1 N–H and O–H groups in total. The van der Waals surface area contributed by atoms with Gasteiger partial charge in [0.05, 0.1) is 0 Å². The van der Waals surface area contributed by atoms with Crippen LogP contribution in [0.5, 0.6) is 0 Å². The molecule has 9 nitrogen and oxygen atoms in total. The van der Waals surface area contributed by atoms with Crippen LogP contribution >= 0.6 is 0 Å². The number of rotatable bonds is 5. The van der Waals surface area contributed by atoms with Crippen LogP contribution in [0, 0.1) is 12.8 Å². The van der Waals surface area contributed by atoms with Gasteiger partial charge in [-0.25, -0.2) is 9.69 Å². The van der Waals surface area contributed by atoms with Crippen molar-refractivity contribution in [3.8, 4) is 0 Å². The molecule has 1 aromatic rings. The third-order valence-electron chi connectivity index (χ3n) is 2.88. The number of carbonyl (C=O) groups excluding carboxylic acids is 4. The Hall–Kier alpha value is -2.71. The van der Waals surface area contributed by atoms with E-state index in [4.69, 9.17) is 4.52 Å². The van der Waals surface area contributed by atoms with Gasteiger partial charge in [-0.1, -0.05) is 19.0 Å². The maximum absolute atomic E-state index is 12.0. The van der Waals surface area contributed by atoms with Gasteiger partial charge in [-0.05, 0) is 12.8 Å². The Morgan fingerprint density at radius 1 is 1.27 bits per heavy atom. The predicted octanol–water partition coefficient (Wildman–Crippen LogP) is 0.368. The third-order valence-corrected chi connectivity index (χ3v) is 2.88. The lowest BCUT2D eigenvalue weighted by atomic mass is 10.2. The number of aromatic nitrogens is 1. The van der Waals surface area contributed by atoms with E-state index in [1.165, 1.54) is 6.07 Å². The number of amides is 5. The van der Waals surface area contributed by atoms with E-state index in [1.54, 1.807) is 6.92 Å². The molecule has 0 atom stereocenters. The van der Waals surface area contributed by atoms with E-state index < -0.39 is 30.3 Å². The topological polar surface area (TPSA) is 113 Å². The lowest BCUT2D eigenvalue weighted by Crippen LogP contribution is -2.39. The van der Waals surface area contributed by atoms with Crippen LogP contribution in [0.25, 0.3) is 0 Å². The summed E-state index contributed by atoms with van der Waals surface area (Å²) < 4.78 is 4.78. The minimum Gasteiger partial charge on any atom is -0.360 e. The molecular weight excluding hydrogens is 292 g/mol. The Bertz CT molecular complexity index is 636. The summed E-state index contributed by atoms with van der Waals surface area (Å²) in [7, 11) is 0. The first-order valence-electron chi connectivity index (χ1n) is 6.70. The highest BCUT2D eigenvalue weighted by Gasteiger charge is 2.45.